The number of ether oxygens (including phenoxy) is 1. The molecule has 5 bridgehead atoms. The number of aliphatic hydroxyl groups is 1. The molecule has 1 aromatic carbocycles. The molecule has 0 radical (unpaired) electrons. The molecule has 1 aliphatic carbocycles. The lowest BCUT2D eigenvalue weighted by molar-refractivity contribution is -0.970. The van der Waals surface area contributed by atoms with Crippen LogP contribution in [-0.4, -0.2) is 49.0 Å². The fourth-order valence-electron chi connectivity index (χ4n) is 7.76. The van der Waals surface area contributed by atoms with E-state index in [1.807, 2.05) is 6.07 Å². The highest BCUT2D eigenvalue weighted by Crippen LogP contribution is 2.67. The van der Waals surface area contributed by atoms with E-state index in [2.05, 4.69) is 36.5 Å². The third-order valence-corrected chi connectivity index (χ3v) is 8.51. The minimum absolute atomic E-state index is 0.0985. The molecule has 5 aliphatic heterocycles. The van der Waals surface area contributed by atoms with Crippen molar-refractivity contribution in [2.45, 2.75) is 49.4 Å². The number of carbonyl (C=O) groups is 1. The van der Waals surface area contributed by atoms with Gasteiger partial charge in [0, 0.05) is 24.4 Å². The minimum atomic E-state index is -0.811. The van der Waals surface area contributed by atoms with E-state index >= 15 is 0 Å². The topological polar surface area (TPSA) is 63.0 Å². The average Bonchev–Trinajstić information content (AvgIpc) is 3.13. The van der Waals surface area contributed by atoms with E-state index in [4.69, 9.17) is 4.74 Å². The van der Waals surface area contributed by atoms with Gasteiger partial charge in [-0.15, -0.1) is 0 Å². The number of benzene rings is 1. The Morgan fingerprint density at radius 3 is 3.00 bits per heavy atom. The second-order valence-corrected chi connectivity index (χ2v) is 8.80. The number of para-hydroxylation sites is 1. The van der Waals surface area contributed by atoms with Gasteiger partial charge in [0.1, 0.15) is 12.1 Å². The normalized spacial score (nSPS) is 50.5. The Labute approximate surface area is 153 Å². The summed E-state index contributed by atoms with van der Waals surface area (Å²) in [6.07, 6.45) is 3.26. The van der Waals surface area contributed by atoms with Crippen molar-refractivity contribution in [2.75, 3.05) is 19.0 Å². The van der Waals surface area contributed by atoms with E-state index in [9.17, 15) is 9.90 Å². The van der Waals surface area contributed by atoms with Crippen LogP contribution in [0.5, 0.6) is 0 Å². The van der Waals surface area contributed by atoms with Gasteiger partial charge in [-0.25, -0.2) is 0 Å². The summed E-state index contributed by atoms with van der Waals surface area (Å²) in [5.41, 5.74) is 2.47. The van der Waals surface area contributed by atoms with Gasteiger partial charge in [0.25, 0.3) is 0 Å². The third-order valence-electron chi connectivity index (χ3n) is 8.51. The number of hydrogen-bond acceptors (Lipinski definition) is 4. The molecule has 5 heterocycles. The summed E-state index contributed by atoms with van der Waals surface area (Å²) in [4.78, 5) is 14.7. The smallest absolute Gasteiger partial charge is 0.321 e. The predicted molar refractivity (Wildman–Crippen MR) is 95.9 cm³/mol. The van der Waals surface area contributed by atoms with E-state index in [1.54, 1.807) is 0 Å². The summed E-state index contributed by atoms with van der Waals surface area (Å²) < 4.78 is 5.35. The number of methoxy groups -OCH3 is 1. The lowest BCUT2D eigenvalue weighted by Crippen LogP contribution is -3.26. The number of anilines is 1. The summed E-state index contributed by atoms with van der Waals surface area (Å²) in [6, 6.07) is 9.12. The fourth-order valence-corrected chi connectivity index (χ4v) is 7.76. The Kier molecular flexibility index (Phi) is 2.65. The molecule has 8 atom stereocenters. The molecular weight excluding hydrogens is 328 g/mol. The number of nitrogens with one attached hydrogen (secondary N) is 2. The fraction of sp³-hybridized carbons (Fsp3) is 0.571. The first-order chi connectivity index (χ1) is 12.6. The summed E-state index contributed by atoms with van der Waals surface area (Å²) in [5, 5.41) is 15.7. The molecule has 2 unspecified atom stereocenters. The first kappa shape index (κ1) is 15.2. The molecule has 6 aliphatic rings. The zero-order chi connectivity index (χ0) is 17.8. The van der Waals surface area contributed by atoms with Crippen molar-refractivity contribution in [1.29, 1.82) is 0 Å². The van der Waals surface area contributed by atoms with Crippen molar-refractivity contribution in [3.05, 3.63) is 41.5 Å². The maximum Gasteiger partial charge on any atom is 0.321 e. The Balaban J connectivity index is 1.65. The number of aliphatic hydroxyl groups excluding tert-OH is 1. The molecule has 5 heteroatoms. The Morgan fingerprint density at radius 1 is 1.42 bits per heavy atom. The van der Waals surface area contributed by atoms with Crippen LogP contribution in [0.2, 0.25) is 0 Å². The van der Waals surface area contributed by atoms with E-state index < -0.39 is 11.5 Å². The molecule has 0 aromatic heterocycles. The molecule has 136 valence electrons. The van der Waals surface area contributed by atoms with Gasteiger partial charge < -0.3 is 20.1 Å². The molecule has 5 nitrogen and oxygen atoms in total. The molecule has 0 amide bonds. The highest BCUT2D eigenvalue weighted by Gasteiger charge is 2.84. The molecule has 3 N–H and O–H groups in total. The molecular formula is C21H25N2O3+. The van der Waals surface area contributed by atoms with Crippen molar-refractivity contribution in [1.82, 2.24) is 0 Å². The van der Waals surface area contributed by atoms with Crippen LogP contribution in [0.3, 0.4) is 0 Å². The van der Waals surface area contributed by atoms with E-state index in [1.165, 1.54) is 23.1 Å². The Hall–Kier alpha value is -1.85. The molecule has 1 spiro atoms. The van der Waals surface area contributed by atoms with Crippen LogP contribution >= 0.6 is 0 Å². The first-order valence-electron chi connectivity index (χ1n) is 9.73. The Morgan fingerprint density at radius 2 is 2.23 bits per heavy atom. The van der Waals surface area contributed by atoms with Gasteiger partial charge in [0.15, 0.2) is 5.41 Å². The van der Waals surface area contributed by atoms with Crippen molar-refractivity contribution in [3.8, 4) is 0 Å². The van der Waals surface area contributed by atoms with Crippen LogP contribution < -0.4 is 10.2 Å². The highest BCUT2D eigenvalue weighted by atomic mass is 16.5. The van der Waals surface area contributed by atoms with Crippen LogP contribution in [0.25, 0.3) is 0 Å². The summed E-state index contributed by atoms with van der Waals surface area (Å²) in [7, 11) is 1.47. The number of fused-ring (bicyclic) bond motifs is 2. The molecule has 1 aromatic rings. The molecule has 7 rings (SSSR count). The predicted octanol–water partition coefficient (Wildman–Crippen LogP) is 0.258. The number of hydrogen-bond donors (Lipinski definition) is 3. The maximum atomic E-state index is 13.3. The van der Waals surface area contributed by atoms with Crippen molar-refractivity contribution >= 4 is 11.7 Å². The van der Waals surface area contributed by atoms with Crippen molar-refractivity contribution < 1.29 is 19.5 Å². The van der Waals surface area contributed by atoms with E-state index in [-0.39, 0.29) is 29.4 Å². The second kappa shape index (κ2) is 4.52. The van der Waals surface area contributed by atoms with Crippen molar-refractivity contribution in [2.24, 2.45) is 11.3 Å². The van der Waals surface area contributed by atoms with E-state index in [0.717, 1.165) is 25.1 Å². The van der Waals surface area contributed by atoms with E-state index in [0.29, 0.717) is 6.04 Å². The number of carbonyl (C=O) groups excluding carboxylic acids is 1. The molecule has 1 saturated carbocycles. The van der Waals surface area contributed by atoms with Gasteiger partial charge in [-0.1, -0.05) is 24.3 Å². The van der Waals surface area contributed by atoms with Crippen LogP contribution in [0.15, 0.2) is 35.9 Å². The van der Waals surface area contributed by atoms with Crippen LogP contribution in [0.1, 0.15) is 25.3 Å². The van der Waals surface area contributed by atoms with Gasteiger partial charge in [-0.05, 0) is 24.1 Å². The molecule has 5 fully saturated rings. The van der Waals surface area contributed by atoms with Crippen LogP contribution in [0.4, 0.5) is 5.69 Å². The average molecular weight is 353 g/mol. The van der Waals surface area contributed by atoms with Crippen LogP contribution in [0, 0.1) is 11.3 Å². The zero-order valence-corrected chi connectivity index (χ0v) is 15.2. The standard InChI is InChI=1S/C21H24N2O3/c1-3-11-10-23-15-8-13(11)21(19(25)26-2)16(23)9-20(18(21)24)12-6-4-5-7-14(12)22-17(15)20/h3-7,13,15-18,22,24H,8-10H2,1-2H3/p+1/b11-3+/t13-,15-,16-,17+,18-,20+,21?/m0/s1. The quantitative estimate of drug-likeness (QED) is 0.501. The zero-order valence-electron chi connectivity index (χ0n) is 15.2. The number of rotatable bonds is 1. The van der Waals surface area contributed by atoms with Gasteiger partial charge >= 0.3 is 5.97 Å². The second-order valence-electron chi connectivity index (χ2n) is 8.80. The highest BCUT2D eigenvalue weighted by molar-refractivity contribution is 5.83. The maximum absolute atomic E-state index is 13.3. The molecule has 4 saturated heterocycles. The van der Waals surface area contributed by atoms with Gasteiger partial charge in [0.2, 0.25) is 0 Å². The lowest BCUT2D eigenvalue weighted by Gasteiger charge is -2.57. The number of piperidine rings is 4. The van der Waals surface area contributed by atoms with Gasteiger partial charge in [-0.3, -0.25) is 4.79 Å². The van der Waals surface area contributed by atoms with Crippen LogP contribution in [-0.2, 0) is 14.9 Å². The number of allylic oxidation sites excluding steroid dienone is 1. The third kappa shape index (κ3) is 1.28. The number of esters is 1. The monoisotopic (exact) mass is 353 g/mol. The number of quaternary nitrogens is 1. The van der Waals surface area contributed by atoms with Gasteiger partial charge in [0.05, 0.1) is 31.2 Å². The van der Waals surface area contributed by atoms with Gasteiger partial charge in [-0.2, -0.15) is 0 Å². The first-order valence-corrected chi connectivity index (χ1v) is 9.73. The largest absolute Gasteiger partial charge is 0.468 e. The summed E-state index contributed by atoms with van der Waals surface area (Å²) in [6.45, 7) is 3.06. The lowest BCUT2D eigenvalue weighted by atomic mass is 9.58. The molecule has 26 heavy (non-hydrogen) atoms. The SMILES string of the molecule is C/C=C1\C[NH+]2[C@H]3C[C@@]45c6ccccc6N[C@@H]4[C@@H]2C[C@@H]1C3(C(=O)OC)[C@H]5O. The summed E-state index contributed by atoms with van der Waals surface area (Å²) >= 11 is 0. The summed E-state index contributed by atoms with van der Waals surface area (Å²) in [5.74, 6) is -0.113. The minimum Gasteiger partial charge on any atom is -0.468 e. The Bertz CT molecular complexity index is 867. The van der Waals surface area contributed by atoms with Crippen molar-refractivity contribution in [3.63, 3.8) is 0 Å².